The third-order valence-corrected chi connectivity index (χ3v) is 4.65. The van der Waals surface area contributed by atoms with E-state index in [1.807, 2.05) is 0 Å². The molecule has 1 atom stereocenters. The fourth-order valence-corrected chi connectivity index (χ4v) is 3.36. The minimum Gasteiger partial charge on any atom is -0.478 e. The zero-order chi connectivity index (χ0) is 17.2. The van der Waals surface area contributed by atoms with Crippen LogP contribution in [-0.2, 0) is 22.7 Å². The highest BCUT2D eigenvalue weighted by molar-refractivity contribution is 7.84. The van der Waals surface area contributed by atoms with Gasteiger partial charge in [0.15, 0.2) is 0 Å². The lowest BCUT2D eigenvalue weighted by Gasteiger charge is -2.10. The van der Waals surface area contributed by atoms with Crippen LogP contribution in [0.2, 0.25) is 5.02 Å². The fraction of sp³-hybridized carbons (Fsp3) is 0.133. The lowest BCUT2D eigenvalue weighted by molar-refractivity contribution is -0.137. The molecule has 0 heterocycles. The maximum atomic E-state index is 12.7. The van der Waals surface area contributed by atoms with Crippen LogP contribution >= 0.6 is 11.6 Å². The van der Waals surface area contributed by atoms with E-state index in [1.54, 1.807) is 0 Å². The Bertz CT molecular complexity index is 775. The van der Waals surface area contributed by atoms with Crippen LogP contribution in [0.1, 0.15) is 21.5 Å². The highest BCUT2D eigenvalue weighted by Crippen LogP contribution is 2.30. The predicted octanol–water partition coefficient (Wildman–Crippen LogP) is 4.36. The molecule has 3 nitrogen and oxygen atoms in total. The Balaban J connectivity index is 2.32. The van der Waals surface area contributed by atoms with Crippen molar-refractivity contribution in [1.82, 2.24) is 0 Å². The Kier molecular flexibility index (Phi) is 5.11. The molecule has 23 heavy (non-hydrogen) atoms. The number of carboxylic acids is 1. The van der Waals surface area contributed by atoms with Crippen molar-refractivity contribution in [3.05, 3.63) is 64.2 Å². The second-order valence-electron chi connectivity index (χ2n) is 4.63. The van der Waals surface area contributed by atoms with E-state index in [0.29, 0.717) is 0 Å². The molecule has 8 heteroatoms. The molecule has 0 aliphatic heterocycles. The van der Waals surface area contributed by atoms with Crippen molar-refractivity contribution in [3.8, 4) is 0 Å². The van der Waals surface area contributed by atoms with E-state index in [-0.39, 0.29) is 26.8 Å². The topological polar surface area (TPSA) is 54.4 Å². The minimum absolute atomic E-state index is 0.0133. The van der Waals surface area contributed by atoms with Gasteiger partial charge in [-0.2, -0.15) is 13.2 Å². The molecule has 0 aromatic heterocycles. The summed E-state index contributed by atoms with van der Waals surface area (Å²) in [4.78, 5) is 11.2. The Morgan fingerprint density at radius 1 is 1.17 bits per heavy atom. The van der Waals surface area contributed by atoms with Crippen molar-refractivity contribution in [2.75, 3.05) is 0 Å². The van der Waals surface area contributed by atoms with Crippen LogP contribution in [0, 0.1) is 0 Å². The van der Waals surface area contributed by atoms with E-state index in [1.165, 1.54) is 24.3 Å². The average molecular weight is 363 g/mol. The largest absolute Gasteiger partial charge is 0.478 e. The monoisotopic (exact) mass is 362 g/mol. The molecular formula is C15H10ClF3O3S. The van der Waals surface area contributed by atoms with Crippen molar-refractivity contribution in [1.29, 1.82) is 0 Å². The number of carboxylic acid groups (broad SMARTS) is 1. The average Bonchev–Trinajstić information content (AvgIpc) is 2.46. The Morgan fingerprint density at radius 2 is 1.87 bits per heavy atom. The van der Waals surface area contributed by atoms with Gasteiger partial charge < -0.3 is 5.11 Å². The summed E-state index contributed by atoms with van der Waals surface area (Å²) in [5, 5.41) is 9.28. The molecule has 0 radical (unpaired) electrons. The summed E-state index contributed by atoms with van der Waals surface area (Å²) in [7, 11) is -1.82. The first-order chi connectivity index (χ1) is 10.7. The molecule has 1 N–H and O–H groups in total. The summed E-state index contributed by atoms with van der Waals surface area (Å²) in [5.74, 6) is -1.54. The number of hydrogen-bond donors (Lipinski definition) is 1. The van der Waals surface area contributed by atoms with Gasteiger partial charge in [0.05, 0.1) is 32.6 Å². The number of hydrogen-bond acceptors (Lipinski definition) is 2. The first-order valence-corrected chi connectivity index (χ1v) is 7.95. The van der Waals surface area contributed by atoms with Gasteiger partial charge in [-0.05, 0) is 29.8 Å². The standard InChI is InChI=1S/C15H10ClF3O3S/c16-11-4-5-13(12(7-11)14(20)21)23(22)8-9-2-1-3-10(6-9)15(17,18)19/h1-7H,8H2,(H,20,21). The second kappa shape index (κ2) is 6.72. The Labute approximate surface area is 137 Å². The molecule has 122 valence electrons. The Morgan fingerprint density at radius 3 is 2.48 bits per heavy atom. The van der Waals surface area contributed by atoms with Crippen LogP contribution in [-0.4, -0.2) is 15.3 Å². The van der Waals surface area contributed by atoms with Gasteiger partial charge >= 0.3 is 12.1 Å². The minimum atomic E-state index is -4.50. The quantitative estimate of drug-likeness (QED) is 0.879. The Hall–Kier alpha value is -1.86. The summed E-state index contributed by atoms with van der Waals surface area (Å²) < 4.78 is 50.4. The molecule has 0 aliphatic carbocycles. The van der Waals surface area contributed by atoms with Crippen LogP contribution in [0.5, 0.6) is 0 Å². The summed E-state index contributed by atoms with van der Waals surface area (Å²) in [5.41, 5.74) is -0.881. The van der Waals surface area contributed by atoms with Crippen LogP contribution < -0.4 is 0 Å². The second-order valence-corrected chi connectivity index (χ2v) is 6.49. The van der Waals surface area contributed by atoms with E-state index in [4.69, 9.17) is 16.7 Å². The summed E-state index contributed by atoms with van der Waals surface area (Å²) in [6.45, 7) is 0. The van der Waals surface area contributed by atoms with Crippen molar-refractivity contribution < 1.29 is 27.3 Å². The van der Waals surface area contributed by atoms with Gasteiger partial charge in [0.2, 0.25) is 0 Å². The highest BCUT2D eigenvalue weighted by atomic mass is 35.5. The van der Waals surface area contributed by atoms with Crippen LogP contribution in [0.15, 0.2) is 47.4 Å². The molecule has 0 bridgehead atoms. The van der Waals surface area contributed by atoms with Gasteiger partial charge in [-0.1, -0.05) is 29.8 Å². The van der Waals surface area contributed by atoms with Crippen molar-refractivity contribution >= 4 is 28.4 Å². The number of benzene rings is 2. The molecule has 0 saturated carbocycles. The maximum Gasteiger partial charge on any atom is 0.416 e. The third kappa shape index (κ3) is 4.33. The lowest BCUT2D eigenvalue weighted by Crippen LogP contribution is -2.08. The maximum absolute atomic E-state index is 12.7. The van der Waals surface area contributed by atoms with Crippen LogP contribution in [0.25, 0.3) is 0 Å². The predicted molar refractivity (Wildman–Crippen MR) is 80.0 cm³/mol. The van der Waals surface area contributed by atoms with E-state index in [2.05, 4.69) is 0 Å². The van der Waals surface area contributed by atoms with E-state index >= 15 is 0 Å². The molecule has 1 unspecified atom stereocenters. The van der Waals surface area contributed by atoms with E-state index < -0.39 is 28.5 Å². The van der Waals surface area contributed by atoms with Gasteiger partial charge in [0, 0.05) is 5.02 Å². The number of carbonyl (C=O) groups is 1. The highest BCUT2D eigenvalue weighted by Gasteiger charge is 2.30. The molecule has 0 aliphatic rings. The summed E-state index contributed by atoms with van der Waals surface area (Å²) in [6, 6.07) is 8.27. The van der Waals surface area contributed by atoms with E-state index in [9.17, 15) is 22.2 Å². The molecule has 0 spiro atoms. The third-order valence-electron chi connectivity index (χ3n) is 2.97. The summed E-state index contributed by atoms with van der Waals surface area (Å²) >= 11 is 5.71. The normalized spacial score (nSPS) is 12.9. The number of halogens is 4. The molecule has 0 amide bonds. The number of rotatable bonds is 4. The zero-order valence-corrected chi connectivity index (χ0v) is 13.0. The van der Waals surface area contributed by atoms with Gasteiger partial charge in [-0.25, -0.2) is 4.79 Å². The zero-order valence-electron chi connectivity index (χ0n) is 11.4. The fourth-order valence-electron chi connectivity index (χ4n) is 1.93. The first kappa shape index (κ1) is 17.5. The van der Waals surface area contributed by atoms with Crippen molar-refractivity contribution in [3.63, 3.8) is 0 Å². The first-order valence-electron chi connectivity index (χ1n) is 6.26. The summed E-state index contributed by atoms with van der Waals surface area (Å²) in [6.07, 6.45) is -4.50. The number of aromatic carboxylic acids is 1. The number of alkyl halides is 3. The smallest absolute Gasteiger partial charge is 0.416 e. The molecular weight excluding hydrogens is 353 g/mol. The van der Waals surface area contributed by atoms with Crippen molar-refractivity contribution in [2.45, 2.75) is 16.8 Å². The van der Waals surface area contributed by atoms with Gasteiger partial charge in [-0.3, -0.25) is 4.21 Å². The van der Waals surface area contributed by atoms with E-state index in [0.717, 1.165) is 18.2 Å². The van der Waals surface area contributed by atoms with Gasteiger partial charge in [-0.15, -0.1) is 0 Å². The van der Waals surface area contributed by atoms with Crippen LogP contribution in [0.4, 0.5) is 13.2 Å². The molecule has 2 aromatic rings. The molecule has 2 aromatic carbocycles. The molecule has 0 fully saturated rings. The van der Waals surface area contributed by atoms with Crippen LogP contribution in [0.3, 0.4) is 0 Å². The molecule has 0 saturated heterocycles. The lowest BCUT2D eigenvalue weighted by atomic mass is 10.1. The SMILES string of the molecule is O=C(O)c1cc(Cl)ccc1S(=O)Cc1cccc(C(F)(F)F)c1. The molecule has 2 rings (SSSR count). The van der Waals surface area contributed by atoms with Crippen molar-refractivity contribution in [2.24, 2.45) is 0 Å². The van der Waals surface area contributed by atoms with Gasteiger partial charge in [0.1, 0.15) is 0 Å². The van der Waals surface area contributed by atoms with Gasteiger partial charge in [0.25, 0.3) is 0 Å².